The van der Waals surface area contributed by atoms with Crippen LogP contribution in [0.5, 0.6) is 0 Å². The number of hydrogen-bond acceptors (Lipinski definition) is 4. The highest BCUT2D eigenvalue weighted by atomic mass is 16.3. The van der Waals surface area contributed by atoms with Gasteiger partial charge in [-0.3, -0.25) is 4.79 Å². The molecule has 0 aromatic rings. The Morgan fingerprint density at radius 3 is 2.43 bits per heavy atom. The summed E-state index contributed by atoms with van der Waals surface area (Å²) in [5.41, 5.74) is 5.22. The van der Waals surface area contributed by atoms with Crippen LogP contribution >= 0.6 is 0 Å². The lowest BCUT2D eigenvalue weighted by Crippen LogP contribution is -2.22. The summed E-state index contributed by atoms with van der Waals surface area (Å²) in [5.74, 6) is -0.00521. The largest absolute Gasteiger partial charge is 0.400 e. The van der Waals surface area contributed by atoms with Crippen molar-refractivity contribution < 1.29 is 15.0 Å². The van der Waals surface area contributed by atoms with Crippen molar-refractivity contribution in [2.45, 2.75) is 32.3 Å². The van der Waals surface area contributed by atoms with Crippen molar-refractivity contribution in [3.05, 3.63) is 0 Å². The van der Waals surface area contributed by atoms with Gasteiger partial charge in [0.1, 0.15) is 0 Å². The molecule has 14 heavy (non-hydrogen) atoms. The van der Waals surface area contributed by atoms with Crippen LogP contribution in [0.2, 0.25) is 0 Å². The SMILES string of the molecule is CC(=O)NCCCCC(O)CN.CO. The number of unbranched alkanes of at least 4 members (excludes halogenated alkanes) is 1. The third-order valence-electron chi connectivity index (χ3n) is 1.61. The summed E-state index contributed by atoms with van der Waals surface area (Å²) < 4.78 is 0. The van der Waals surface area contributed by atoms with Crippen LogP contribution in [0.3, 0.4) is 0 Å². The number of carbonyl (C=O) groups is 1. The third kappa shape index (κ3) is 13.9. The minimum atomic E-state index is -0.387. The topological polar surface area (TPSA) is 95.6 Å². The van der Waals surface area contributed by atoms with Crippen LogP contribution < -0.4 is 11.1 Å². The first-order valence-corrected chi connectivity index (χ1v) is 4.74. The van der Waals surface area contributed by atoms with E-state index in [0.717, 1.165) is 26.4 Å². The van der Waals surface area contributed by atoms with Crippen LogP contribution in [0.25, 0.3) is 0 Å². The van der Waals surface area contributed by atoms with E-state index in [1.165, 1.54) is 6.92 Å². The molecule has 1 unspecified atom stereocenters. The van der Waals surface area contributed by atoms with E-state index in [-0.39, 0.29) is 12.0 Å². The minimum absolute atomic E-state index is 0.00521. The summed E-state index contributed by atoms with van der Waals surface area (Å²) in [5, 5.41) is 18.7. The molecule has 0 rings (SSSR count). The van der Waals surface area contributed by atoms with Gasteiger partial charge in [-0.1, -0.05) is 0 Å². The maximum absolute atomic E-state index is 10.4. The molecule has 0 aromatic carbocycles. The van der Waals surface area contributed by atoms with Crippen molar-refractivity contribution in [2.75, 3.05) is 20.2 Å². The molecule has 0 radical (unpaired) electrons. The number of carbonyl (C=O) groups excluding carboxylic acids is 1. The van der Waals surface area contributed by atoms with Gasteiger partial charge in [-0.2, -0.15) is 0 Å². The second-order valence-electron chi connectivity index (χ2n) is 2.87. The van der Waals surface area contributed by atoms with E-state index in [0.29, 0.717) is 13.1 Å². The highest BCUT2D eigenvalue weighted by Gasteiger charge is 1.99. The maximum atomic E-state index is 10.4. The minimum Gasteiger partial charge on any atom is -0.400 e. The summed E-state index contributed by atoms with van der Waals surface area (Å²) in [7, 11) is 1.00. The molecule has 1 atom stereocenters. The van der Waals surface area contributed by atoms with E-state index < -0.39 is 0 Å². The number of rotatable bonds is 6. The Kier molecular flexibility index (Phi) is 13.9. The van der Waals surface area contributed by atoms with E-state index in [1.807, 2.05) is 0 Å². The van der Waals surface area contributed by atoms with Gasteiger partial charge in [0.2, 0.25) is 5.91 Å². The van der Waals surface area contributed by atoms with Gasteiger partial charge < -0.3 is 21.3 Å². The Hall–Kier alpha value is -0.650. The quantitative estimate of drug-likeness (QED) is 0.429. The lowest BCUT2D eigenvalue weighted by molar-refractivity contribution is -0.118. The molecule has 1 amide bonds. The third-order valence-corrected chi connectivity index (χ3v) is 1.61. The molecule has 0 bridgehead atoms. The first-order valence-electron chi connectivity index (χ1n) is 4.74. The Balaban J connectivity index is 0. The van der Waals surface area contributed by atoms with E-state index in [4.69, 9.17) is 15.9 Å². The molecule has 86 valence electrons. The van der Waals surface area contributed by atoms with Crippen molar-refractivity contribution in [1.82, 2.24) is 5.32 Å². The molecule has 5 N–H and O–H groups in total. The molecule has 5 nitrogen and oxygen atoms in total. The summed E-state index contributed by atoms with van der Waals surface area (Å²) >= 11 is 0. The van der Waals surface area contributed by atoms with Crippen LogP contribution in [0.15, 0.2) is 0 Å². The Morgan fingerprint density at radius 1 is 1.43 bits per heavy atom. The van der Waals surface area contributed by atoms with Gasteiger partial charge in [0.25, 0.3) is 0 Å². The molecule has 0 aliphatic rings. The van der Waals surface area contributed by atoms with E-state index in [2.05, 4.69) is 5.32 Å². The summed E-state index contributed by atoms with van der Waals surface area (Å²) in [6.07, 6.45) is 2.13. The van der Waals surface area contributed by atoms with Gasteiger partial charge in [-0.25, -0.2) is 0 Å². The Morgan fingerprint density at radius 2 is 2.00 bits per heavy atom. The van der Waals surface area contributed by atoms with E-state index in [9.17, 15) is 4.79 Å². The lowest BCUT2D eigenvalue weighted by atomic mass is 10.1. The van der Waals surface area contributed by atoms with Crippen molar-refractivity contribution in [2.24, 2.45) is 5.73 Å². The van der Waals surface area contributed by atoms with Crippen molar-refractivity contribution >= 4 is 5.91 Å². The van der Waals surface area contributed by atoms with Crippen molar-refractivity contribution in [3.8, 4) is 0 Å². The number of nitrogens with two attached hydrogens (primary N) is 1. The van der Waals surface area contributed by atoms with Crippen LogP contribution in [0.1, 0.15) is 26.2 Å². The second-order valence-corrected chi connectivity index (χ2v) is 2.87. The average molecular weight is 206 g/mol. The normalized spacial score (nSPS) is 11.2. The predicted molar refractivity (Wildman–Crippen MR) is 55.7 cm³/mol. The van der Waals surface area contributed by atoms with E-state index in [1.54, 1.807) is 0 Å². The molecule has 0 aromatic heterocycles. The Labute approximate surface area is 85.3 Å². The second kappa shape index (κ2) is 12.3. The zero-order valence-electron chi connectivity index (χ0n) is 8.99. The van der Waals surface area contributed by atoms with Crippen LogP contribution in [-0.2, 0) is 4.79 Å². The number of nitrogens with one attached hydrogen (secondary N) is 1. The molecular weight excluding hydrogens is 184 g/mol. The zero-order chi connectivity index (χ0) is 11.4. The van der Waals surface area contributed by atoms with Crippen molar-refractivity contribution in [1.29, 1.82) is 0 Å². The summed E-state index contributed by atoms with van der Waals surface area (Å²) in [4.78, 5) is 10.4. The molecule has 5 heteroatoms. The highest BCUT2D eigenvalue weighted by molar-refractivity contribution is 5.72. The van der Waals surface area contributed by atoms with Gasteiger partial charge in [-0.05, 0) is 19.3 Å². The van der Waals surface area contributed by atoms with Crippen LogP contribution in [-0.4, -0.2) is 42.4 Å². The summed E-state index contributed by atoms with van der Waals surface area (Å²) in [6.45, 7) is 2.50. The highest BCUT2D eigenvalue weighted by Crippen LogP contribution is 1.98. The number of aliphatic hydroxyl groups is 2. The average Bonchev–Trinajstić information content (AvgIpc) is 2.19. The Bertz CT molecular complexity index is 131. The van der Waals surface area contributed by atoms with Gasteiger partial charge in [0.05, 0.1) is 6.10 Å². The zero-order valence-corrected chi connectivity index (χ0v) is 8.99. The first kappa shape index (κ1) is 15.8. The van der Waals surface area contributed by atoms with Gasteiger partial charge in [-0.15, -0.1) is 0 Å². The number of amides is 1. The molecule has 0 fully saturated rings. The van der Waals surface area contributed by atoms with Gasteiger partial charge in [0.15, 0.2) is 0 Å². The molecular formula is C9H22N2O3. The fourth-order valence-electron chi connectivity index (χ4n) is 0.887. The van der Waals surface area contributed by atoms with Gasteiger partial charge >= 0.3 is 0 Å². The molecule has 0 heterocycles. The summed E-state index contributed by atoms with van der Waals surface area (Å²) in [6, 6.07) is 0. The van der Waals surface area contributed by atoms with Crippen LogP contribution in [0.4, 0.5) is 0 Å². The molecule has 0 saturated carbocycles. The van der Waals surface area contributed by atoms with Gasteiger partial charge in [0, 0.05) is 27.1 Å². The molecule has 0 aliphatic carbocycles. The van der Waals surface area contributed by atoms with E-state index >= 15 is 0 Å². The fourth-order valence-corrected chi connectivity index (χ4v) is 0.887. The van der Waals surface area contributed by atoms with Crippen molar-refractivity contribution in [3.63, 3.8) is 0 Å². The smallest absolute Gasteiger partial charge is 0.216 e. The fraction of sp³-hybridized carbons (Fsp3) is 0.889. The standard InChI is InChI=1S/C8H18N2O2.CH4O/c1-7(11)10-5-3-2-4-8(12)6-9;1-2/h8,12H,2-6,9H2,1H3,(H,10,11);2H,1H3. The lowest BCUT2D eigenvalue weighted by Gasteiger charge is -2.06. The first-order chi connectivity index (χ1) is 6.66. The molecule has 0 aliphatic heterocycles. The predicted octanol–water partition coefficient (Wildman–Crippen LogP) is -0.779. The number of aliphatic hydroxyl groups excluding tert-OH is 2. The molecule has 0 saturated heterocycles. The van der Waals surface area contributed by atoms with Crippen LogP contribution in [0, 0.1) is 0 Å². The number of hydrogen-bond donors (Lipinski definition) is 4. The monoisotopic (exact) mass is 206 g/mol. The molecule has 0 spiro atoms. The maximum Gasteiger partial charge on any atom is 0.216 e.